The first-order valence-corrected chi connectivity index (χ1v) is 18.8. The number of para-hydroxylation sites is 2. The summed E-state index contributed by atoms with van der Waals surface area (Å²) < 4.78 is 4.88. The van der Waals surface area contributed by atoms with Crippen molar-refractivity contribution in [2.24, 2.45) is 0 Å². The molecule has 2 heteroatoms. The van der Waals surface area contributed by atoms with Crippen LogP contribution in [-0.2, 0) is 0 Å². The summed E-state index contributed by atoms with van der Waals surface area (Å²) in [7, 11) is 0. The molecule has 0 spiro atoms. The number of benzene rings is 10. The third kappa shape index (κ3) is 3.69. The third-order valence-electron chi connectivity index (χ3n) is 12.1. The van der Waals surface area contributed by atoms with E-state index in [1.165, 1.54) is 120 Å². The molecule has 0 radical (unpaired) electrons. The van der Waals surface area contributed by atoms with E-state index >= 15 is 0 Å². The van der Waals surface area contributed by atoms with Crippen LogP contribution in [0, 0.1) is 0 Å². The second-order valence-corrected chi connectivity index (χ2v) is 14.9. The van der Waals surface area contributed by atoms with E-state index in [-0.39, 0.29) is 0 Å². The summed E-state index contributed by atoms with van der Waals surface area (Å²) in [6, 6.07) is 67.7. The minimum Gasteiger partial charge on any atom is -0.309 e. The average molecular weight is 683 g/mol. The monoisotopic (exact) mass is 682 g/mol. The number of aromatic nitrogens is 2. The largest absolute Gasteiger partial charge is 0.309 e. The Morgan fingerprint density at radius 2 is 0.611 bits per heavy atom. The van der Waals surface area contributed by atoms with Gasteiger partial charge in [0.25, 0.3) is 0 Å². The summed E-state index contributed by atoms with van der Waals surface area (Å²) in [5.41, 5.74) is 12.7. The van der Waals surface area contributed by atoms with Gasteiger partial charge in [-0.1, -0.05) is 109 Å². The Balaban J connectivity index is 0.947. The molecule has 12 aromatic rings. The van der Waals surface area contributed by atoms with Crippen molar-refractivity contribution in [3.8, 4) is 33.6 Å². The van der Waals surface area contributed by atoms with E-state index in [1.807, 2.05) is 0 Å². The molecule has 0 bridgehead atoms. The second kappa shape index (κ2) is 10.2. The van der Waals surface area contributed by atoms with Gasteiger partial charge in [-0.2, -0.15) is 0 Å². The molecule has 54 heavy (non-hydrogen) atoms. The van der Waals surface area contributed by atoms with Gasteiger partial charge in [-0.15, -0.1) is 0 Å². The van der Waals surface area contributed by atoms with E-state index in [2.05, 4.69) is 191 Å². The van der Waals surface area contributed by atoms with Crippen molar-refractivity contribution in [2.45, 2.75) is 0 Å². The van der Waals surface area contributed by atoms with Crippen LogP contribution in [0.1, 0.15) is 0 Å². The molecule has 0 unspecified atom stereocenters. The summed E-state index contributed by atoms with van der Waals surface area (Å²) in [6.07, 6.45) is 0. The first-order chi connectivity index (χ1) is 26.8. The van der Waals surface area contributed by atoms with Gasteiger partial charge in [0, 0.05) is 32.9 Å². The van der Waals surface area contributed by atoms with E-state index in [1.54, 1.807) is 0 Å². The minimum absolute atomic E-state index is 1.19. The van der Waals surface area contributed by atoms with Gasteiger partial charge in [0.05, 0.1) is 22.1 Å². The van der Waals surface area contributed by atoms with E-state index in [4.69, 9.17) is 0 Å². The Hall–Kier alpha value is -7.16. The summed E-state index contributed by atoms with van der Waals surface area (Å²) in [6.45, 7) is 0. The van der Waals surface area contributed by atoms with E-state index < -0.39 is 0 Å². The van der Waals surface area contributed by atoms with E-state index in [0.29, 0.717) is 0 Å². The lowest BCUT2D eigenvalue weighted by Gasteiger charge is -2.26. The highest BCUT2D eigenvalue weighted by Crippen LogP contribution is 2.51. The highest BCUT2D eigenvalue weighted by Gasteiger charge is 2.25. The SMILES string of the molecule is c1ccc2c(c1)ccc1c2c2ccccc2n1-c1ccc2cc3c(cc2c1)-c1cc2ccc(-n4c5ccccc5c5c6ccccc6ccc54)cc2cc1-3. The summed E-state index contributed by atoms with van der Waals surface area (Å²) in [5, 5.41) is 15.4. The standard InChI is InChI=1S/C52H30N2/c1-3-11-39-31(9-1)19-23-49-51(39)41-13-5-7-15-47(41)53(49)37-21-17-33-27-43-45(29-35(33)25-37)44-28-34-18-22-38(26-36(34)30-46(43)44)54-48-16-8-6-14-42(48)52-40-12-4-2-10-32(40)20-24-50(52)54/h1-30H. The molecule has 0 saturated carbocycles. The lowest BCUT2D eigenvalue weighted by Crippen LogP contribution is -2.00. The molecular formula is C52H30N2. The van der Waals surface area contributed by atoms with Crippen LogP contribution in [0.2, 0.25) is 0 Å². The Bertz CT molecular complexity index is 3360. The zero-order chi connectivity index (χ0) is 35.1. The number of fused-ring (bicyclic) bond motifs is 16. The number of rotatable bonds is 2. The molecule has 1 aliphatic rings. The van der Waals surface area contributed by atoms with Crippen molar-refractivity contribution in [2.75, 3.05) is 0 Å². The van der Waals surface area contributed by atoms with E-state index in [0.717, 1.165) is 0 Å². The topological polar surface area (TPSA) is 9.86 Å². The zero-order valence-corrected chi connectivity index (χ0v) is 29.2. The number of hydrogen-bond donors (Lipinski definition) is 0. The molecule has 2 heterocycles. The van der Waals surface area contributed by atoms with Gasteiger partial charge in [0.15, 0.2) is 0 Å². The molecule has 1 aliphatic carbocycles. The first-order valence-electron chi connectivity index (χ1n) is 18.8. The second-order valence-electron chi connectivity index (χ2n) is 14.9. The third-order valence-corrected chi connectivity index (χ3v) is 12.1. The normalized spacial score (nSPS) is 12.4. The van der Waals surface area contributed by atoms with Crippen LogP contribution in [0.5, 0.6) is 0 Å². The van der Waals surface area contributed by atoms with Crippen LogP contribution in [-0.4, -0.2) is 9.13 Å². The van der Waals surface area contributed by atoms with Gasteiger partial charge in [-0.25, -0.2) is 0 Å². The molecule has 0 saturated heterocycles. The van der Waals surface area contributed by atoms with Crippen molar-refractivity contribution in [1.29, 1.82) is 0 Å². The fourth-order valence-corrected chi connectivity index (χ4v) is 9.71. The Morgan fingerprint density at radius 1 is 0.241 bits per heavy atom. The summed E-state index contributed by atoms with van der Waals surface area (Å²) in [5.74, 6) is 0. The maximum absolute atomic E-state index is 2.44. The molecule has 2 nitrogen and oxygen atoms in total. The fraction of sp³-hybridized carbons (Fsp3) is 0. The fourth-order valence-electron chi connectivity index (χ4n) is 9.71. The van der Waals surface area contributed by atoms with Gasteiger partial charge >= 0.3 is 0 Å². The molecule has 0 aliphatic heterocycles. The van der Waals surface area contributed by atoms with Crippen molar-refractivity contribution < 1.29 is 0 Å². The van der Waals surface area contributed by atoms with E-state index in [9.17, 15) is 0 Å². The molecule has 0 fully saturated rings. The predicted molar refractivity (Wildman–Crippen MR) is 230 cm³/mol. The lowest BCUT2D eigenvalue weighted by molar-refractivity contribution is 1.19. The Kier molecular flexibility index (Phi) is 5.39. The predicted octanol–water partition coefficient (Wildman–Crippen LogP) is 14.1. The van der Waals surface area contributed by atoms with Crippen LogP contribution in [0.15, 0.2) is 182 Å². The molecule has 0 amide bonds. The van der Waals surface area contributed by atoms with Gasteiger partial charge in [0.1, 0.15) is 0 Å². The van der Waals surface area contributed by atoms with Crippen molar-refractivity contribution in [3.63, 3.8) is 0 Å². The number of nitrogens with zero attached hydrogens (tertiary/aromatic N) is 2. The van der Waals surface area contributed by atoms with Crippen LogP contribution >= 0.6 is 0 Å². The maximum Gasteiger partial charge on any atom is 0.0547 e. The van der Waals surface area contributed by atoms with Gasteiger partial charge < -0.3 is 9.13 Å². The molecule has 13 rings (SSSR count). The molecular weight excluding hydrogens is 653 g/mol. The molecule has 0 atom stereocenters. The smallest absolute Gasteiger partial charge is 0.0547 e. The van der Waals surface area contributed by atoms with Crippen molar-refractivity contribution in [1.82, 2.24) is 9.13 Å². The van der Waals surface area contributed by atoms with Gasteiger partial charge in [-0.05, 0) is 138 Å². The van der Waals surface area contributed by atoms with Gasteiger partial charge in [0.2, 0.25) is 0 Å². The molecule has 10 aromatic carbocycles. The molecule has 248 valence electrons. The summed E-state index contributed by atoms with van der Waals surface area (Å²) >= 11 is 0. The van der Waals surface area contributed by atoms with Crippen LogP contribution in [0.3, 0.4) is 0 Å². The molecule has 0 N–H and O–H groups in total. The lowest BCUT2D eigenvalue weighted by atomic mass is 9.78. The highest BCUT2D eigenvalue weighted by molar-refractivity contribution is 6.23. The zero-order valence-electron chi connectivity index (χ0n) is 29.2. The first kappa shape index (κ1) is 28.4. The minimum atomic E-state index is 1.19. The average Bonchev–Trinajstić information content (AvgIpc) is 3.76. The maximum atomic E-state index is 2.44. The summed E-state index contributed by atoms with van der Waals surface area (Å²) in [4.78, 5) is 0. The van der Waals surface area contributed by atoms with Crippen LogP contribution < -0.4 is 0 Å². The Labute approximate surface area is 310 Å². The van der Waals surface area contributed by atoms with Gasteiger partial charge in [-0.3, -0.25) is 0 Å². The molecule has 2 aromatic heterocycles. The quantitative estimate of drug-likeness (QED) is 0.172. The highest BCUT2D eigenvalue weighted by atomic mass is 15.0. The van der Waals surface area contributed by atoms with Crippen LogP contribution in [0.4, 0.5) is 0 Å². The van der Waals surface area contributed by atoms with Crippen molar-refractivity contribution in [3.05, 3.63) is 182 Å². The van der Waals surface area contributed by atoms with Crippen LogP contribution in [0.25, 0.3) is 120 Å². The Morgan fingerprint density at radius 3 is 1.07 bits per heavy atom. The van der Waals surface area contributed by atoms with Crippen molar-refractivity contribution >= 4 is 86.7 Å². The number of hydrogen-bond acceptors (Lipinski definition) is 0.